The molecule has 19 heavy (non-hydrogen) atoms. The van der Waals surface area contributed by atoms with E-state index in [0.29, 0.717) is 0 Å². The van der Waals surface area contributed by atoms with Crippen LogP contribution in [0.15, 0.2) is 17.5 Å². The molecule has 6 nitrogen and oxygen atoms in total. The van der Waals surface area contributed by atoms with Crippen LogP contribution >= 0.6 is 11.3 Å². The number of nitrogens with one attached hydrogen (secondary N) is 2. The molecule has 7 heteroatoms. The molecular formula is C12H18N2O4S. The van der Waals surface area contributed by atoms with Gasteiger partial charge in [-0.3, -0.25) is 0 Å². The molecule has 0 aliphatic rings. The van der Waals surface area contributed by atoms with Crippen LogP contribution in [-0.2, 0) is 4.79 Å². The maximum absolute atomic E-state index is 11.7. The van der Waals surface area contributed by atoms with Crippen molar-refractivity contribution in [1.82, 2.24) is 10.6 Å². The van der Waals surface area contributed by atoms with E-state index in [1.54, 1.807) is 0 Å². The fourth-order valence-corrected chi connectivity index (χ4v) is 2.51. The van der Waals surface area contributed by atoms with Crippen molar-refractivity contribution in [3.63, 3.8) is 0 Å². The van der Waals surface area contributed by atoms with Gasteiger partial charge in [-0.2, -0.15) is 0 Å². The molecule has 0 spiro atoms. The van der Waals surface area contributed by atoms with Gasteiger partial charge in [0, 0.05) is 4.88 Å². The van der Waals surface area contributed by atoms with E-state index < -0.39 is 24.6 Å². The predicted molar refractivity (Wildman–Crippen MR) is 72.1 cm³/mol. The first-order valence-electron chi connectivity index (χ1n) is 5.89. The van der Waals surface area contributed by atoms with E-state index in [-0.39, 0.29) is 12.0 Å². The summed E-state index contributed by atoms with van der Waals surface area (Å²) in [5.41, 5.74) is 0. The summed E-state index contributed by atoms with van der Waals surface area (Å²) in [7, 11) is 0. The van der Waals surface area contributed by atoms with Crippen LogP contribution < -0.4 is 10.6 Å². The molecule has 2 atom stereocenters. The number of aliphatic carboxylic acids is 1. The van der Waals surface area contributed by atoms with Gasteiger partial charge in [-0.1, -0.05) is 19.9 Å². The van der Waals surface area contributed by atoms with Crippen LogP contribution in [0.4, 0.5) is 4.79 Å². The number of thiophene rings is 1. The quantitative estimate of drug-likeness (QED) is 0.631. The molecule has 1 heterocycles. The van der Waals surface area contributed by atoms with Gasteiger partial charge in [0.2, 0.25) is 0 Å². The van der Waals surface area contributed by atoms with E-state index in [1.807, 2.05) is 31.4 Å². The lowest BCUT2D eigenvalue weighted by molar-refractivity contribution is -0.140. The Balaban J connectivity index is 2.65. The fourth-order valence-electron chi connectivity index (χ4n) is 1.56. The zero-order valence-electron chi connectivity index (χ0n) is 10.8. The van der Waals surface area contributed by atoms with Crippen molar-refractivity contribution in [2.24, 2.45) is 5.92 Å². The fraction of sp³-hybridized carbons (Fsp3) is 0.500. The molecule has 0 saturated heterocycles. The van der Waals surface area contributed by atoms with Crippen molar-refractivity contribution in [3.8, 4) is 0 Å². The molecule has 1 rings (SSSR count). The smallest absolute Gasteiger partial charge is 0.328 e. The second-order valence-corrected chi connectivity index (χ2v) is 5.41. The summed E-state index contributed by atoms with van der Waals surface area (Å²) in [6.45, 7) is 3.28. The lowest BCUT2D eigenvalue weighted by Gasteiger charge is -2.22. The Kier molecular flexibility index (Phi) is 5.78. The normalized spacial score (nSPS) is 13.9. The number of amides is 2. The van der Waals surface area contributed by atoms with Crippen LogP contribution in [0.5, 0.6) is 0 Å². The van der Waals surface area contributed by atoms with Crippen molar-refractivity contribution >= 4 is 23.3 Å². The Hall–Kier alpha value is -1.60. The molecule has 0 aliphatic heterocycles. The van der Waals surface area contributed by atoms with Gasteiger partial charge in [-0.25, -0.2) is 9.59 Å². The SMILES string of the molecule is CC(C)C(NC(=O)N[C@H](CO)C(=O)O)c1cccs1. The number of carboxylic acids is 1. The van der Waals surface area contributed by atoms with E-state index in [9.17, 15) is 9.59 Å². The molecular weight excluding hydrogens is 268 g/mol. The highest BCUT2D eigenvalue weighted by Gasteiger charge is 2.23. The first kappa shape index (κ1) is 15.5. The van der Waals surface area contributed by atoms with E-state index in [0.717, 1.165) is 4.88 Å². The Morgan fingerprint density at radius 1 is 1.37 bits per heavy atom. The number of urea groups is 1. The van der Waals surface area contributed by atoms with Crippen LogP contribution in [0.3, 0.4) is 0 Å². The summed E-state index contributed by atoms with van der Waals surface area (Å²) in [6.07, 6.45) is 0. The van der Waals surface area contributed by atoms with Crippen molar-refractivity contribution in [2.75, 3.05) is 6.61 Å². The van der Waals surface area contributed by atoms with E-state index in [2.05, 4.69) is 10.6 Å². The van der Waals surface area contributed by atoms with Crippen LogP contribution in [0, 0.1) is 5.92 Å². The van der Waals surface area contributed by atoms with Crippen LogP contribution in [0.1, 0.15) is 24.8 Å². The van der Waals surface area contributed by atoms with E-state index in [1.165, 1.54) is 11.3 Å². The minimum atomic E-state index is -1.30. The van der Waals surface area contributed by atoms with Crippen LogP contribution in [0.25, 0.3) is 0 Å². The molecule has 0 saturated carbocycles. The number of hydrogen-bond donors (Lipinski definition) is 4. The van der Waals surface area contributed by atoms with Crippen molar-refractivity contribution < 1.29 is 19.8 Å². The largest absolute Gasteiger partial charge is 0.480 e. The Morgan fingerprint density at radius 3 is 2.47 bits per heavy atom. The number of carbonyl (C=O) groups is 2. The minimum Gasteiger partial charge on any atom is -0.480 e. The topological polar surface area (TPSA) is 98.7 Å². The summed E-state index contributed by atoms with van der Waals surface area (Å²) < 4.78 is 0. The third kappa shape index (κ3) is 4.53. The highest BCUT2D eigenvalue weighted by atomic mass is 32.1. The highest BCUT2D eigenvalue weighted by molar-refractivity contribution is 7.10. The minimum absolute atomic E-state index is 0.168. The molecule has 0 aromatic carbocycles. The summed E-state index contributed by atoms with van der Waals surface area (Å²) in [5, 5.41) is 24.5. The lowest BCUT2D eigenvalue weighted by atomic mass is 10.0. The Bertz CT molecular complexity index is 419. The van der Waals surface area contributed by atoms with E-state index >= 15 is 0 Å². The van der Waals surface area contributed by atoms with Gasteiger partial charge in [0.05, 0.1) is 12.6 Å². The second kappa shape index (κ2) is 7.10. The molecule has 2 amide bonds. The summed E-state index contributed by atoms with van der Waals surface area (Å²) in [4.78, 5) is 23.4. The standard InChI is InChI=1S/C12H18N2O4S/c1-7(2)10(9-4-3-5-19-9)14-12(18)13-8(6-15)11(16)17/h3-5,7-8,10,15H,6H2,1-2H3,(H,16,17)(H2,13,14,18)/t8-,10?/m1/s1. The Labute approximate surface area is 115 Å². The molecule has 4 N–H and O–H groups in total. The number of carbonyl (C=O) groups excluding carboxylic acids is 1. The average molecular weight is 286 g/mol. The van der Waals surface area contributed by atoms with Crippen molar-refractivity contribution in [2.45, 2.75) is 25.9 Å². The summed E-state index contributed by atoms with van der Waals surface area (Å²) in [6, 6.07) is 1.72. The summed E-state index contributed by atoms with van der Waals surface area (Å²) in [5.74, 6) is -1.10. The zero-order valence-corrected chi connectivity index (χ0v) is 11.6. The molecule has 106 valence electrons. The highest BCUT2D eigenvalue weighted by Crippen LogP contribution is 2.25. The average Bonchev–Trinajstić information content (AvgIpc) is 2.85. The first-order valence-corrected chi connectivity index (χ1v) is 6.77. The maximum Gasteiger partial charge on any atom is 0.328 e. The van der Waals surface area contributed by atoms with Gasteiger partial charge in [0.15, 0.2) is 6.04 Å². The number of aliphatic hydroxyl groups is 1. The number of aliphatic hydroxyl groups excluding tert-OH is 1. The number of rotatable bonds is 6. The second-order valence-electron chi connectivity index (χ2n) is 4.43. The summed E-state index contributed by atoms with van der Waals surface area (Å²) >= 11 is 1.52. The van der Waals surface area contributed by atoms with Gasteiger partial charge in [-0.05, 0) is 17.4 Å². The molecule has 0 fully saturated rings. The van der Waals surface area contributed by atoms with Gasteiger partial charge < -0.3 is 20.8 Å². The van der Waals surface area contributed by atoms with Crippen molar-refractivity contribution in [1.29, 1.82) is 0 Å². The van der Waals surface area contributed by atoms with Gasteiger partial charge in [0.25, 0.3) is 0 Å². The first-order chi connectivity index (χ1) is 8.95. The third-order valence-corrected chi connectivity index (χ3v) is 3.54. The number of carboxylic acid groups (broad SMARTS) is 1. The van der Waals surface area contributed by atoms with Crippen LogP contribution in [0.2, 0.25) is 0 Å². The van der Waals surface area contributed by atoms with E-state index in [4.69, 9.17) is 10.2 Å². The molecule has 1 aromatic heterocycles. The molecule has 0 radical (unpaired) electrons. The molecule has 0 bridgehead atoms. The maximum atomic E-state index is 11.7. The third-order valence-electron chi connectivity index (χ3n) is 2.59. The zero-order chi connectivity index (χ0) is 14.4. The van der Waals surface area contributed by atoms with Crippen molar-refractivity contribution in [3.05, 3.63) is 22.4 Å². The number of hydrogen-bond acceptors (Lipinski definition) is 4. The Morgan fingerprint density at radius 2 is 2.05 bits per heavy atom. The molecule has 0 aliphatic carbocycles. The monoisotopic (exact) mass is 286 g/mol. The molecule has 1 aromatic rings. The van der Waals surface area contributed by atoms with Gasteiger partial charge in [-0.15, -0.1) is 11.3 Å². The lowest BCUT2D eigenvalue weighted by Crippen LogP contribution is -2.49. The van der Waals surface area contributed by atoms with Crippen LogP contribution in [-0.4, -0.2) is 34.9 Å². The predicted octanol–water partition coefficient (Wildman–Crippen LogP) is 1.19. The molecule has 1 unspecified atom stereocenters. The van der Waals surface area contributed by atoms with Gasteiger partial charge in [0.1, 0.15) is 0 Å². The van der Waals surface area contributed by atoms with Gasteiger partial charge >= 0.3 is 12.0 Å².